The summed E-state index contributed by atoms with van der Waals surface area (Å²) >= 11 is 0. The highest BCUT2D eigenvalue weighted by Gasteiger charge is 2.03. The maximum Gasteiger partial charge on any atom is 0.331 e. The van der Waals surface area contributed by atoms with Crippen LogP contribution < -0.4 is 5.32 Å². The van der Waals surface area contributed by atoms with E-state index in [0.717, 1.165) is 0 Å². The van der Waals surface area contributed by atoms with E-state index < -0.39 is 5.97 Å². The van der Waals surface area contributed by atoms with E-state index >= 15 is 0 Å². The molecule has 0 aliphatic heterocycles. The molecule has 2 N–H and O–H groups in total. The molecule has 86 valence electrons. The van der Waals surface area contributed by atoms with Crippen molar-refractivity contribution in [3.05, 3.63) is 41.7 Å². The Bertz CT molecular complexity index is 402. The molecule has 4 heteroatoms. The van der Waals surface area contributed by atoms with Crippen LogP contribution >= 0.6 is 0 Å². The summed E-state index contributed by atoms with van der Waals surface area (Å²) in [5.41, 5.74) is 0.698. The van der Waals surface area contributed by atoms with Crippen molar-refractivity contribution in [1.29, 1.82) is 0 Å². The third kappa shape index (κ3) is 3.38. The van der Waals surface area contributed by atoms with Gasteiger partial charge in [-0.15, -0.1) is 0 Å². The highest BCUT2D eigenvalue weighted by molar-refractivity contribution is 5.86. The number of hydrogen-bond donors (Lipinski definition) is 2. The zero-order valence-electron chi connectivity index (χ0n) is 9.03. The predicted octanol–water partition coefficient (Wildman–Crippen LogP) is 2.66. The molecule has 0 saturated carbocycles. The Kier molecular flexibility index (Phi) is 4.51. The second-order valence-corrected chi connectivity index (χ2v) is 3.25. The average molecular weight is 223 g/mol. The zero-order valence-corrected chi connectivity index (χ0v) is 9.03. The maximum atomic E-state index is 13.2. The molecule has 3 nitrogen and oxygen atoms in total. The number of benzene rings is 1. The quantitative estimate of drug-likeness (QED) is 0.754. The molecular weight excluding hydrogens is 209 g/mol. The van der Waals surface area contributed by atoms with Crippen molar-refractivity contribution in [3.8, 4) is 0 Å². The Hall–Kier alpha value is -1.84. The maximum absolute atomic E-state index is 13.2. The molecule has 0 radical (unpaired) electrons. The molecular formula is C12H14FNO2. The summed E-state index contributed by atoms with van der Waals surface area (Å²) < 4.78 is 13.2. The van der Waals surface area contributed by atoms with Crippen LogP contribution in [0.25, 0.3) is 0 Å². The Morgan fingerprint density at radius 3 is 2.75 bits per heavy atom. The number of nitrogens with one attached hydrogen (secondary N) is 1. The molecule has 0 heterocycles. The van der Waals surface area contributed by atoms with Crippen LogP contribution in [0.1, 0.15) is 13.3 Å². The second kappa shape index (κ2) is 5.90. The van der Waals surface area contributed by atoms with Gasteiger partial charge in [0, 0.05) is 12.1 Å². The van der Waals surface area contributed by atoms with Gasteiger partial charge in [0.05, 0.1) is 5.69 Å². The normalized spacial score (nSPS) is 11.2. The molecule has 0 aliphatic rings. The van der Waals surface area contributed by atoms with Gasteiger partial charge in [0.25, 0.3) is 0 Å². The second-order valence-electron chi connectivity index (χ2n) is 3.25. The van der Waals surface area contributed by atoms with Crippen molar-refractivity contribution in [2.75, 3.05) is 11.9 Å². The Morgan fingerprint density at radius 2 is 2.19 bits per heavy atom. The third-order valence-electron chi connectivity index (χ3n) is 2.17. The molecule has 0 atom stereocenters. The third-order valence-corrected chi connectivity index (χ3v) is 2.17. The van der Waals surface area contributed by atoms with Crippen molar-refractivity contribution in [1.82, 2.24) is 0 Å². The van der Waals surface area contributed by atoms with Gasteiger partial charge in [-0.25, -0.2) is 9.18 Å². The van der Waals surface area contributed by atoms with E-state index in [1.165, 1.54) is 6.07 Å². The van der Waals surface area contributed by atoms with Crippen molar-refractivity contribution >= 4 is 11.7 Å². The van der Waals surface area contributed by atoms with Gasteiger partial charge in [-0.05, 0) is 18.6 Å². The van der Waals surface area contributed by atoms with E-state index in [0.29, 0.717) is 24.2 Å². The number of anilines is 1. The number of halogens is 1. The number of aliphatic carboxylic acids is 1. The molecule has 1 rings (SSSR count). The van der Waals surface area contributed by atoms with Crippen molar-refractivity contribution in [2.24, 2.45) is 0 Å². The van der Waals surface area contributed by atoms with Crippen LogP contribution in [0.15, 0.2) is 35.9 Å². The lowest BCUT2D eigenvalue weighted by molar-refractivity contribution is -0.132. The van der Waals surface area contributed by atoms with E-state index in [-0.39, 0.29) is 5.82 Å². The number of carbonyl (C=O) groups is 1. The van der Waals surface area contributed by atoms with E-state index in [4.69, 9.17) is 5.11 Å². The van der Waals surface area contributed by atoms with Gasteiger partial charge in [-0.2, -0.15) is 0 Å². The number of hydrogen-bond acceptors (Lipinski definition) is 2. The smallest absolute Gasteiger partial charge is 0.331 e. The van der Waals surface area contributed by atoms with Crippen LogP contribution in [0.3, 0.4) is 0 Å². The van der Waals surface area contributed by atoms with Gasteiger partial charge in [-0.1, -0.05) is 25.1 Å². The lowest BCUT2D eigenvalue weighted by atomic mass is 10.2. The molecule has 0 aromatic heterocycles. The minimum Gasteiger partial charge on any atom is -0.478 e. The monoisotopic (exact) mass is 223 g/mol. The van der Waals surface area contributed by atoms with Crippen LogP contribution in [0.2, 0.25) is 0 Å². The first-order valence-corrected chi connectivity index (χ1v) is 5.06. The highest BCUT2D eigenvalue weighted by atomic mass is 19.1. The molecule has 0 saturated heterocycles. The highest BCUT2D eigenvalue weighted by Crippen LogP contribution is 2.12. The van der Waals surface area contributed by atoms with Gasteiger partial charge in [0.1, 0.15) is 5.82 Å². The number of rotatable bonds is 5. The zero-order chi connectivity index (χ0) is 12.0. The Balaban J connectivity index is 2.59. The van der Waals surface area contributed by atoms with Crippen LogP contribution in [-0.2, 0) is 4.79 Å². The van der Waals surface area contributed by atoms with E-state index in [1.807, 2.05) is 0 Å². The Labute approximate surface area is 93.6 Å². The van der Waals surface area contributed by atoms with Crippen LogP contribution in [0, 0.1) is 5.82 Å². The van der Waals surface area contributed by atoms with E-state index in [1.54, 1.807) is 31.2 Å². The summed E-state index contributed by atoms with van der Waals surface area (Å²) in [4.78, 5) is 10.7. The van der Waals surface area contributed by atoms with Crippen LogP contribution in [0.5, 0.6) is 0 Å². The molecule has 0 amide bonds. The SMILES string of the molecule is CC/C(=C/CNc1ccccc1F)C(=O)O. The lowest BCUT2D eigenvalue weighted by Gasteiger charge is -2.05. The molecule has 1 aromatic rings. The lowest BCUT2D eigenvalue weighted by Crippen LogP contribution is -2.05. The number of carboxylic acids is 1. The van der Waals surface area contributed by atoms with Crippen molar-refractivity contribution < 1.29 is 14.3 Å². The molecule has 0 unspecified atom stereocenters. The Morgan fingerprint density at radius 1 is 1.50 bits per heavy atom. The van der Waals surface area contributed by atoms with Gasteiger partial charge >= 0.3 is 5.97 Å². The minimum absolute atomic E-state index is 0.302. The average Bonchev–Trinajstić information content (AvgIpc) is 2.26. The standard InChI is InChI=1S/C12H14FNO2/c1-2-9(12(15)16)7-8-14-11-6-4-3-5-10(11)13/h3-7,14H,2,8H2,1H3,(H,15,16)/b9-7-. The van der Waals surface area contributed by atoms with Crippen LogP contribution in [-0.4, -0.2) is 17.6 Å². The minimum atomic E-state index is -0.933. The molecule has 16 heavy (non-hydrogen) atoms. The van der Waals surface area contributed by atoms with Gasteiger partial charge in [-0.3, -0.25) is 0 Å². The van der Waals surface area contributed by atoms with Gasteiger partial charge < -0.3 is 10.4 Å². The predicted molar refractivity (Wildman–Crippen MR) is 60.9 cm³/mol. The number of carboxylic acid groups (broad SMARTS) is 1. The largest absolute Gasteiger partial charge is 0.478 e. The van der Waals surface area contributed by atoms with Crippen LogP contribution in [0.4, 0.5) is 10.1 Å². The first-order chi connectivity index (χ1) is 7.65. The molecule has 0 bridgehead atoms. The molecule has 0 spiro atoms. The van der Waals surface area contributed by atoms with E-state index in [2.05, 4.69) is 5.32 Å². The molecule has 0 fully saturated rings. The summed E-state index contributed by atoms with van der Waals surface area (Å²) in [6, 6.07) is 6.28. The summed E-state index contributed by atoms with van der Waals surface area (Å²) in [6.07, 6.45) is 2.00. The summed E-state index contributed by atoms with van der Waals surface area (Å²) in [7, 11) is 0. The van der Waals surface area contributed by atoms with E-state index in [9.17, 15) is 9.18 Å². The fourth-order valence-electron chi connectivity index (χ4n) is 1.27. The summed E-state index contributed by atoms with van der Waals surface area (Å²) in [5.74, 6) is -1.28. The first kappa shape index (κ1) is 12.2. The van der Waals surface area contributed by atoms with Gasteiger partial charge in [0.2, 0.25) is 0 Å². The first-order valence-electron chi connectivity index (χ1n) is 5.06. The number of para-hydroxylation sites is 1. The topological polar surface area (TPSA) is 49.3 Å². The summed E-state index contributed by atoms with van der Waals surface area (Å²) in [5, 5.41) is 11.6. The van der Waals surface area contributed by atoms with Crippen molar-refractivity contribution in [3.63, 3.8) is 0 Å². The fraction of sp³-hybridized carbons (Fsp3) is 0.250. The molecule has 0 aliphatic carbocycles. The van der Waals surface area contributed by atoms with Crippen molar-refractivity contribution in [2.45, 2.75) is 13.3 Å². The van der Waals surface area contributed by atoms with Gasteiger partial charge in [0.15, 0.2) is 0 Å². The molecule has 1 aromatic carbocycles. The summed E-state index contributed by atoms with van der Waals surface area (Å²) in [6.45, 7) is 2.07. The fourth-order valence-corrected chi connectivity index (χ4v) is 1.27.